The number of aromatic nitrogens is 2. The van der Waals surface area contributed by atoms with Crippen LogP contribution in [0.4, 0.5) is 16.0 Å². The van der Waals surface area contributed by atoms with E-state index in [2.05, 4.69) is 16.0 Å². The minimum Gasteiger partial charge on any atom is -0.472 e. The highest BCUT2D eigenvalue weighted by Gasteiger charge is 2.27. The molecule has 31 heavy (non-hydrogen) atoms. The second kappa shape index (κ2) is 8.34. The van der Waals surface area contributed by atoms with E-state index in [9.17, 15) is 9.18 Å². The Morgan fingerprint density at radius 2 is 1.81 bits per heavy atom. The normalized spacial score (nSPS) is 15.3. The van der Waals surface area contributed by atoms with E-state index in [1.54, 1.807) is 18.3 Å². The third-order valence-electron chi connectivity index (χ3n) is 5.78. The van der Waals surface area contributed by atoms with Gasteiger partial charge in [-0.1, -0.05) is 30.3 Å². The predicted molar refractivity (Wildman–Crippen MR) is 115 cm³/mol. The van der Waals surface area contributed by atoms with Crippen LogP contribution in [-0.4, -0.2) is 40.4 Å². The van der Waals surface area contributed by atoms with Crippen LogP contribution in [0.15, 0.2) is 54.7 Å². The molecule has 2 aliphatic rings. The summed E-state index contributed by atoms with van der Waals surface area (Å²) in [6.45, 7) is 2.43. The molecule has 1 saturated heterocycles. The summed E-state index contributed by atoms with van der Waals surface area (Å²) < 4.78 is 19.2. The zero-order valence-corrected chi connectivity index (χ0v) is 17.1. The van der Waals surface area contributed by atoms with E-state index in [-0.39, 0.29) is 24.2 Å². The fraction of sp³-hybridized carbons (Fsp3) is 0.292. The van der Waals surface area contributed by atoms with Crippen LogP contribution in [0.2, 0.25) is 0 Å². The van der Waals surface area contributed by atoms with Gasteiger partial charge in [-0.25, -0.2) is 9.37 Å². The SMILES string of the molecule is O=C(c1cnc(N2CCc3ccccc32)nc1OCc1ccc(F)cc1)N1CCCC1. The van der Waals surface area contributed by atoms with Crippen molar-refractivity contribution in [2.75, 3.05) is 24.5 Å². The molecular formula is C24H23FN4O2. The third kappa shape index (κ3) is 3.95. The summed E-state index contributed by atoms with van der Waals surface area (Å²) in [5.74, 6) is 0.360. The van der Waals surface area contributed by atoms with Gasteiger partial charge in [0.1, 0.15) is 18.0 Å². The molecule has 5 rings (SSSR count). The van der Waals surface area contributed by atoms with Crippen molar-refractivity contribution in [3.63, 3.8) is 0 Å². The first kappa shape index (κ1) is 19.5. The molecule has 1 amide bonds. The first-order chi connectivity index (χ1) is 15.2. The molecule has 0 bridgehead atoms. The van der Waals surface area contributed by atoms with Crippen LogP contribution in [0.25, 0.3) is 0 Å². The van der Waals surface area contributed by atoms with E-state index < -0.39 is 0 Å². The smallest absolute Gasteiger partial charge is 0.260 e. The summed E-state index contributed by atoms with van der Waals surface area (Å²) in [5.41, 5.74) is 3.48. The zero-order chi connectivity index (χ0) is 21.2. The molecule has 0 radical (unpaired) electrons. The molecule has 2 aromatic carbocycles. The number of anilines is 2. The van der Waals surface area contributed by atoms with Gasteiger partial charge in [0.2, 0.25) is 11.8 Å². The summed E-state index contributed by atoms with van der Waals surface area (Å²) in [6.07, 6.45) is 4.49. The summed E-state index contributed by atoms with van der Waals surface area (Å²) >= 11 is 0. The highest BCUT2D eigenvalue weighted by Crippen LogP contribution is 2.33. The molecular weight excluding hydrogens is 395 g/mol. The Labute approximate surface area is 180 Å². The number of hydrogen-bond acceptors (Lipinski definition) is 5. The van der Waals surface area contributed by atoms with Gasteiger partial charge in [0.25, 0.3) is 5.91 Å². The number of fused-ring (bicyclic) bond motifs is 1. The Bertz CT molecular complexity index is 1100. The van der Waals surface area contributed by atoms with Crippen molar-refractivity contribution in [3.05, 3.63) is 77.2 Å². The second-order valence-corrected chi connectivity index (χ2v) is 7.83. The van der Waals surface area contributed by atoms with Gasteiger partial charge in [-0.3, -0.25) is 4.79 Å². The van der Waals surface area contributed by atoms with Gasteiger partial charge in [-0.2, -0.15) is 4.98 Å². The molecule has 2 aliphatic heterocycles. The number of nitrogens with zero attached hydrogens (tertiary/aromatic N) is 4. The lowest BCUT2D eigenvalue weighted by molar-refractivity contribution is 0.0786. The maximum Gasteiger partial charge on any atom is 0.260 e. The monoisotopic (exact) mass is 418 g/mol. The molecule has 0 atom stereocenters. The van der Waals surface area contributed by atoms with E-state index in [0.29, 0.717) is 11.5 Å². The van der Waals surface area contributed by atoms with Crippen LogP contribution >= 0.6 is 0 Å². The Hall–Kier alpha value is -3.48. The number of carbonyl (C=O) groups excluding carboxylic acids is 1. The molecule has 0 N–H and O–H groups in total. The Kier molecular flexibility index (Phi) is 5.24. The van der Waals surface area contributed by atoms with Gasteiger partial charge < -0.3 is 14.5 Å². The van der Waals surface area contributed by atoms with Gasteiger partial charge >= 0.3 is 0 Å². The second-order valence-electron chi connectivity index (χ2n) is 7.83. The minimum absolute atomic E-state index is 0.111. The Morgan fingerprint density at radius 1 is 1.03 bits per heavy atom. The number of amides is 1. The molecule has 3 aromatic rings. The van der Waals surface area contributed by atoms with Gasteiger partial charge in [0, 0.05) is 31.5 Å². The lowest BCUT2D eigenvalue weighted by Crippen LogP contribution is -2.29. The van der Waals surface area contributed by atoms with Crippen LogP contribution < -0.4 is 9.64 Å². The van der Waals surface area contributed by atoms with E-state index in [1.807, 2.05) is 28.0 Å². The molecule has 158 valence electrons. The molecule has 0 saturated carbocycles. The molecule has 6 nitrogen and oxygen atoms in total. The predicted octanol–water partition coefficient (Wildman–Crippen LogP) is 4.12. The van der Waals surface area contributed by atoms with Crippen molar-refractivity contribution >= 4 is 17.5 Å². The highest BCUT2D eigenvalue weighted by atomic mass is 19.1. The van der Waals surface area contributed by atoms with E-state index in [4.69, 9.17) is 4.74 Å². The lowest BCUT2D eigenvalue weighted by atomic mass is 10.2. The van der Waals surface area contributed by atoms with Crippen LogP contribution in [0.5, 0.6) is 5.88 Å². The topological polar surface area (TPSA) is 58.6 Å². The van der Waals surface area contributed by atoms with Crippen molar-refractivity contribution in [2.24, 2.45) is 0 Å². The maximum atomic E-state index is 13.2. The Balaban J connectivity index is 1.46. The number of hydrogen-bond donors (Lipinski definition) is 0. The average Bonchev–Trinajstić information content (AvgIpc) is 3.48. The summed E-state index contributed by atoms with van der Waals surface area (Å²) in [7, 11) is 0. The lowest BCUT2D eigenvalue weighted by Gasteiger charge is -2.21. The molecule has 1 aromatic heterocycles. The van der Waals surface area contributed by atoms with Crippen molar-refractivity contribution in [1.82, 2.24) is 14.9 Å². The maximum absolute atomic E-state index is 13.2. The van der Waals surface area contributed by atoms with E-state index in [1.165, 1.54) is 17.7 Å². The quantitative estimate of drug-likeness (QED) is 0.624. The zero-order valence-electron chi connectivity index (χ0n) is 17.1. The van der Waals surface area contributed by atoms with Crippen molar-refractivity contribution in [3.8, 4) is 5.88 Å². The summed E-state index contributed by atoms with van der Waals surface area (Å²) in [4.78, 5) is 26.1. The minimum atomic E-state index is -0.300. The van der Waals surface area contributed by atoms with Crippen molar-refractivity contribution in [2.45, 2.75) is 25.9 Å². The number of benzene rings is 2. The third-order valence-corrected chi connectivity index (χ3v) is 5.78. The molecule has 0 unspecified atom stereocenters. The first-order valence-corrected chi connectivity index (χ1v) is 10.6. The van der Waals surface area contributed by atoms with Crippen LogP contribution in [0, 0.1) is 5.82 Å². The number of rotatable bonds is 5. The van der Waals surface area contributed by atoms with E-state index >= 15 is 0 Å². The Morgan fingerprint density at radius 3 is 2.61 bits per heavy atom. The van der Waals surface area contributed by atoms with Crippen LogP contribution in [0.3, 0.4) is 0 Å². The van der Waals surface area contributed by atoms with Crippen molar-refractivity contribution in [1.29, 1.82) is 0 Å². The van der Waals surface area contributed by atoms with Gasteiger partial charge in [-0.05, 0) is 48.6 Å². The fourth-order valence-electron chi connectivity index (χ4n) is 4.11. The molecule has 0 aliphatic carbocycles. The van der Waals surface area contributed by atoms with Crippen LogP contribution in [-0.2, 0) is 13.0 Å². The standard InChI is InChI=1S/C24H23FN4O2/c25-19-9-7-17(8-10-19)16-31-22-20(23(30)28-12-3-4-13-28)15-26-24(27-22)29-14-11-18-5-1-2-6-21(18)29/h1-2,5-10,15H,3-4,11-14,16H2. The van der Waals surface area contributed by atoms with Gasteiger partial charge in [-0.15, -0.1) is 0 Å². The average molecular weight is 418 g/mol. The summed E-state index contributed by atoms with van der Waals surface area (Å²) in [6, 6.07) is 14.3. The fourth-order valence-corrected chi connectivity index (χ4v) is 4.11. The van der Waals surface area contributed by atoms with Gasteiger partial charge in [0.15, 0.2) is 0 Å². The molecule has 3 heterocycles. The number of halogens is 1. The molecule has 1 fully saturated rings. The number of ether oxygens (including phenoxy) is 1. The molecule has 7 heteroatoms. The van der Waals surface area contributed by atoms with Gasteiger partial charge in [0.05, 0.1) is 0 Å². The van der Waals surface area contributed by atoms with E-state index in [0.717, 1.165) is 50.1 Å². The van der Waals surface area contributed by atoms with Crippen molar-refractivity contribution < 1.29 is 13.9 Å². The number of likely N-dealkylation sites (tertiary alicyclic amines) is 1. The van der Waals surface area contributed by atoms with Crippen LogP contribution in [0.1, 0.15) is 34.3 Å². The number of carbonyl (C=O) groups is 1. The number of para-hydroxylation sites is 1. The summed E-state index contributed by atoms with van der Waals surface area (Å²) in [5, 5.41) is 0. The first-order valence-electron chi connectivity index (χ1n) is 10.6. The largest absolute Gasteiger partial charge is 0.472 e. The molecule has 0 spiro atoms. The highest BCUT2D eigenvalue weighted by molar-refractivity contribution is 5.96.